The van der Waals surface area contributed by atoms with E-state index in [0.717, 1.165) is 28.1 Å². The smallest absolute Gasteiger partial charge is 0.168 e. The molecule has 0 saturated heterocycles. The quantitative estimate of drug-likeness (QED) is 0.317. The molecule has 0 fully saturated rings. The number of aromatic hydroxyl groups is 1. The van der Waals surface area contributed by atoms with Crippen LogP contribution in [0.15, 0.2) is 72.8 Å². The summed E-state index contributed by atoms with van der Waals surface area (Å²) >= 11 is 0. The number of benzene rings is 4. The van der Waals surface area contributed by atoms with Crippen molar-refractivity contribution in [3.63, 3.8) is 0 Å². The topological polar surface area (TPSA) is 37.3 Å². The molecule has 4 aromatic rings. The monoisotopic (exact) mass is 368 g/mol. The molecule has 1 unspecified atom stereocenters. The van der Waals surface area contributed by atoms with Gasteiger partial charge >= 0.3 is 0 Å². The summed E-state index contributed by atoms with van der Waals surface area (Å²) in [4.78, 5) is 13.2. The van der Waals surface area contributed by atoms with Crippen molar-refractivity contribution >= 4 is 27.3 Å². The SMILES string of the molecule is CCC(C)c1ccc(O)c(CC(=O)c2cccc3cc4ccccc4cc23)c1. The Bertz CT molecular complexity index is 1170. The normalized spacial score (nSPS) is 12.4. The van der Waals surface area contributed by atoms with Gasteiger partial charge in [-0.3, -0.25) is 4.79 Å². The lowest BCUT2D eigenvalue weighted by Gasteiger charge is -2.13. The maximum absolute atomic E-state index is 13.2. The lowest BCUT2D eigenvalue weighted by atomic mass is 9.92. The molecule has 4 aromatic carbocycles. The van der Waals surface area contributed by atoms with Crippen molar-refractivity contribution in [1.82, 2.24) is 0 Å². The first-order valence-corrected chi connectivity index (χ1v) is 9.83. The molecule has 0 aromatic heterocycles. The van der Waals surface area contributed by atoms with E-state index in [0.29, 0.717) is 17.0 Å². The molecule has 0 bridgehead atoms. The van der Waals surface area contributed by atoms with Gasteiger partial charge in [0.1, 0.15) is 5.75 Å². The largest absolute Gasteiger partial charge is 0.508 e. The molecule has 140 valence electrons. The fourth-order valence-electron chi connectivity index (χ4n) is 3.77. The number of fused-ring (bicyclic) bond motifs is 2. The number of hydrogen-bond donors (Lipinski definition) is 1. The van der Waals surface area contributed by atoms with E-state index in [1.807, 2.05) is 42.5 Å². The Hall–Kier alpha value is -3.13. The molecule has 2 nitrogen and oxygen atoms in total. The van der Waals surface area contributed by atoms with Crippen molar-refractivity contribution in [3.8, 4) is 5.75 Å². The Balaban J connectivity index is 1.74. The van der Waals surface area contributed by atoms with Gasteiger partial charge in [0.15, 0.2) is 5.78 Å². The minimum Gasteiger partial charge on any atom is -0.508 e. The van der Waals surface area contributed by atoms with Crippen molar-refractivity contribution in [2.45, 2.75) is 32.6 Å². The maximum atomic E-state index is 13.2. The molecule has 2 heteroatoms. The number of phenolic OH excluding ortho intramolecular Hbond substituents is 1. The molecule has 1 N–H and O–H groups in total. The zero-order chi connectivity index (χ0) is 19.7. The molecule has 0 aliphatic heterocycles. The van der Waals surface area contributed by atoms with Crippen molar-refractivity contribution in [2.75, 3.05) is 0 Å². The second kappa shape index (κ2) is 7.47. The van der Waals surface area contributed by atoms with Crippen LogP contribution in [0, 0.1) is 0 Å². The number of carbonyl (C=O) groups is 1. The fraction of sp³-hybridized carbons (Fsp3) is 0.192. The van der Waals surface area contributed by atoms with Crippen LogP contribution >= 0.6 is 0 Å². The van der Waals surface area contributed by atoms with Gasteiger partial charge in [-0.25, -0.2) is 0 Å². The van der Waals surface area contributed by atoms with Crippen LogP contribution in [0.25, 0.3) is 21.5 Å². The van der Waals surface area contributed by atoms with Crippen molar-refractivity contribution in [1.29, 1.82) is 0 Å². The molecule has 1 atom stereocenters. The van der Waals surface area contributed by atoms with Crippen LogP contribution in [0.5, 0.6) is 5.75 Å². The van der Waals surface area contributed by atoms with E-state index in [1.54, 1.807) is 6.07 Å². The number of carbonyl (C=O) groups excluding carboxylic acids is 1. The number of rotatable bonds is 5. The molecule has 4 rings (SSSR count). The number of ketones is 1. The van der Waals surface area contributed by atoms with Gasteiger partial charge in [0.05, 0.1) is 0 Å². The van der Waals surface area contributed by atoms with Crippen LogP contribution in [0.1, 0.15) is 47.7 Å². The molecular weight excluding hydrogens is 344 g/mol. The van der Waals surface area contributed by atoms with E-state index < -0.39 is 0 Å². The molecule has 0 heterocycles. The number of phenols is 1. The third-order valence-electron chi connectivity index (χ3n) is 5.68. The highest BCUT2D eigenvalue weighted by Gasteiger charge is 2.15. The van der Waals surface area contributed by atoms with Crippen molar-refractivity contribution < 1.29 is 9.90 Å². The second-order valence-electron chi connectivity index (χ2n) is 7.52. The highest BCUT2D eigenvalue weighted by molar-refractivity contribution is 6.12. The second-order valence-corrected chi connectivity index (χ2v) is 7.52. The zero-order valence-corrected chi connectivity index (χ0v) is 16.3. The summed E-state index contributed by atoms with van der Waals surface area (Å²) in [6, 6.07) is 23.9. The number of Topliss-reactive ketones (excluding diaryl/α,β-unsaturated/α-hetero) is 1. The van der Waals surface area contributed by atoms with Gasteiger partial charge in [-0.05, 0) is 57.6 Å². The van der Waals surface area contributed by atoms with E-state index >= 15 is 0 Å². The predicted octanol–water partition coefficient (Wildman–Crippen LogP) is 6.64. The van der Waals surface area contributed by atoms with E-state index in [4.69, 9.17) is 0 Å². The summed E-state index contributed by atoms with van der Waals surface area (Å²) in [5.41, 5.74) is 2.56. The van der Waals surface area contributed by atoms with Gasteiger partial charge in [0, 0.05) is 17.5 Å². The minimum absolute atomic E-state index is 0.0254. The summed E-state index contributed by atoms with van der Waals surface area (Å²) in [7, 11) is 0. The fourth-order valence-corrected chi connectivity index (χ4v) is 3.77. The predicted molar refractivity (Wildman–Crippen MR) is 116 cm³/mol. The summed E-state index contributed by atoms with van der Waals surface area (Å²) < 4.78 is 0. The van der Waals surface area contributed by atoms with Crippen molar-refractivity contribution in [2.24, 2.45) is 0 Å². The molecule has 0 aliphatic carbocycles. The Kier molecular flexibility index (Phi) is 4.87. The van der Waals surface area contributed by atoms with E-state index in [1.165, 1.54) is 5.39 Å². The molecule has 0 spiro atoms. The van der Waals surface area contributed by atoms with Crippen LogP contribution in [-0.4, -0.2) is 10.9 Å². The molecule has 0 radical (unpaired) electrons. The highest BCUT2D eigenvalue weighted by Crippen LogP contribution is 2.29. The zero-order valence-electron chi connectivity index (χ0n) is 16.3. The van der Waals surface area contributed by atoms with Crippen LogP contribution in [0.2, 0.25) is 0 Å². The van der Waals surface area contributed by atoms with Gasteiger partial charge in [-0.15, -0.1) is 0 Å². The first-order valence-electron chi connectivity index (χ1n) is 9.83. The first-order chi connectivity index (χ1) is 13.6. The molecule has 28 heavy (non-hydrogen) atoms. The van der Waals surface area contributed by atoms with Crippen LogP contribution in [0.4, 0.5) is 0 Å². The van der Waals surface area contributed by atoms with Gasteiger partial charge < -0.3 is 5.11 Å². The Morgan fingerprint density at radius 1 is 0.893 bits per heavy atom. The standard InChI is InChI=1S/C26H24O2/c1-3-17(2)18-11-12-25(27)22(13-18)16-26(28)23-10-6-9-21-14-19-7-4-5-8-20(19)15-24(21)23/h4-15,17,27H,3,16H2,1-2H3. The third kappa shape index (κ3) is 3.38. The highest BCUT2D eigenvalue weighted by atomic mass is 16.3. The summed E-state index contributed by atoms with van der Waals surface area (Å²) in [6.45, 7) is 4.30. The third-order valence-corrected chi connectivity index (χ3v) is 5.68. The lowest BCUT2D eigenvalue weighted by Crippen LogP contribution is -2.05. The molecular formula is C26H24O2. The first kappa shape index (κ1) is 18.2. The summed E-state index contributed by atoms with van der Waals surface area (Å²) in [5.74, 6) is 0.613. The maximum Gasteiger partial charge on any atom is 0.168 e. The van der Waals surface area contributed by atoms with Gasteiger partial charge in [0.2, 0.25) is 0 Å². The average molecular weight is 368 g/mol. The van der Waals surface area contributed by atoms with E-state index in [2.05, 4.69) is 38.1 Å². The lowest BCUT2D eigenvalue weighted by molar-refractivity contribution is 0.0993. The average Bonchev–Trinajstić information content (AvgIpc) is 2.72. The van der Waals surface area contributed by atoms with Crippen LogP contribution < -0.4 is 0 Å². The van der Waals surface area contributed by atoms with Crippen LogP contribution in [-0.2, 0) is 6.42 Å². The van der Waals surface area contributed by atoms with Gasteiger partial charge in [-0.2, -0.15) is 0 Å². The van der Waals surface area contributed by atoms with Gasteiger partial charge in [-0.1, -0.05) is 68.4 Å². The minimum atomic E-state index is 0.0254. The van der Waals surface area contributed by atoms with Crippen LogP contribution in [0.3, 0.4) is 0 Å². The Morgan fingerprint density at radius 3 is 2.36 bits per heavy atom. The number of hydrogen-bond acceptors (Lipinski definition) is 2. The Morgan fingerprint density at radius 2 is 1.61 bits per heavy atom. The molecule has 0 amide bonds. The van der Waals surface area contributed by atoms with E-state index in [9.17, 15) is 9.90 Å². The molecule has 0 aliphatic rings. The summed E-state index contributed by atoms with van der Waals surface area (Å²) in [6.07, 6.45) is 1.22. The van der Waals surface area contributed by atoms with E-state index in [-0.39, 0.29) is 18.0 Å². The summed E-state index contributed by atoms with van der Waals surface area (Å²) in [5, 5.41) is 14.6. The van der Waals surface area contributed by atoms with Crippen molar-refractivity contribution in [3.05, 3.63) is 89.5 Å². The Labute approximate surface area is 165 Å². The van der Waals surface area contributed by atoms with Gasteiger partial charge in [0.25, 0.3) is 0 Å². The molecule has 0 saturated carbocycles.